The summed E-state index contributed by atoms with van der Waals surface area (Å²) in [6, 6.07) is 17.2. The topological polar surface area (TPSA) is 194 Å². The van der Waals surface area contributed by atoms with Crippen molar-refractivity contribution in [2.24, 2.45) is 27.7 Å². The van der Waals surface area contributed by atoms with Crippen LogP contribution in [0.2, 0.25) is 0 Å². The fourth-order valence-electron chi connectivity index (χ4n) is 10.6. The van der Waals surface area contributed by atoms with Gasteiger partial charge in [-0.05, 0) is 61.6 Å². The van der Waals surface area contributed by atoms with Crippen LogP contribution >= 0.6 is 0 Å². The Labute approximate surface area is 335 Å². The molecule has 8 rings (SSSR count). The van der Waals surface area contributed by atoms with E-state index in [1.165, 1.54) is 26.0 Å². The Kier molecular flexibility index (Phi) is 9.33. The highest BCUT2D eigenvalue weighted by Gasteiger charge is 2.78. The number of esters is 4. The van der Waals surface area contributed by atoms with Gasteiger partial charge >= 0.3 is 23.9 Å². The van der Waals surface area contributed by atoms with E-state index in [1.54, 1.807) is 39.0 Å². The molecule has 4 fully saturated rings. The zero-order valence-electron chi connectivity index (χ0n) is 33.6. The van der Waals surface area contributed by atoms with E-state index < -0.39 is 99.8 Å². The van der Waals surface area contributed by atoms with Crippen LogP contribution in [-0.2, 0) is 47.6 Å². The number of aliphatic imine (C=N–C) groups is 1. The number of carbonyl (C=O) groups is 5. The number of ketones is 1. The minimum Gasteiger partial charge on any atom is -0.459 e. The zero-order valence-corrected chi connectivity index (χ0v) is 33.6. The lowest BCUT2D eigenvalue weighted by Gasteiger charge is -2.67. The third-order valence-corrected chi connectivity index (χ3v) is 14.0. The Morgan fingerprint density at radius 3 is 2.10 bits per heavy atom. The van der Waals surface area contributed by atoms with Crippen LogP contribution in [0.15, 0.2) is 76.8 Å². The molecule has 3 saturated carbocycles. The summed E-state index contributed by atoms with van der Waals surface area (Å²) >= 11 is 0. The van der Waals surface area contributed by atoms with Crippen molar-refractivity contribution in [1.82, 2.24) is 0 Å². The van der Waals surface area contributed by atoms with Gasteiger partial charge in [-0.3, -0.25) is 14.4 Å². The molecule has 14 heteroatoms. The van der Waals surface area contributed by atoms with E-state index in [0.717, 1.165) is 6.92 Å². The van der Waals surface area contributed by atoms with Gasteiger partial charge in [0.05, 0.1) is 29.6 Å². The van der Waals surface area contributed by atoms with E-state index in [-0.39, 0.29) is 36.5 Å². The van der Waals surface area contributed by atoms with Gasteiger partial charge in [0.15, 0.2) is 17.5 Å². The average molecular weight is 800 g/mol. The zero-order chi connectivity index (χ0) is 41.7. The number of benzene rings is 2. The highest BCUT2D eigenvalue weighted by atomic mass is 16.6. The van der Waals surface area contributed by atoms with Gasteiger partial charge in [0, 0.05) is 37.7 Å². The maximum absolute atomic E-state index is 15.5. The van der Waals surface area contributed by atoms with Gasteiger partial charge in [0.2, 0.25) is 12.0 Å². The second-order valence-electron chi connectivity index (χ2n) is 17.6. The molecule has 6 aliphatic rings. The third kappa shape index (κ3) is 5.69. The predicted octanol–water partition coefficient (Wildman–Crippen LogP) is 3.83. The van der Waals surface area contributed by atoms with Crippen LogP contribution < -0.4 is 0 Å². The molecule has 1 unspecified atom stereocenters. The van der Waals surface area contributed by atoms with Gasteiger partial charge in [-0.25, -0.2) is 14.6 Å². The summed E-state index contributed by atoms with van der Waals surface area (Å²) in [5.74, 6) is -5.16. The summed E-state index contributed by atoms with van der Waals surface area (Å²) in [4.78, 5) is 75.0. The van der Waals surface area contributed by atoms with Gasteiger partial charge in [-0.15, -0.1) is 0 Å². The molecule has 58 heavy (non-hydrogen) atoms. The number of nitrogens with zero attached hydrogens (tertiary/aromatic N) is 1. The molecule has 12 atom stereocenters. The summed E-state index contributed by atoms with van der Waals surface area (Å²) in [5.41, 5.74) is -7.14. The molecule has 0 radical (unpaired) electrons. The number of hydrogen-bond acceptors (Lipinski definition) is 14. The molecule has 0 aromatic heterocycles. The van der Waals surface area contributed by atoms with E-state index >= 15 is 4.79 Å². The summed E-state index contributed by atoms with van der Waals surface area (Å²) in [7, 11) is 0. The van der Waals surface area contributed by atoms with Crippen molar-refractivity contribution in [2.45, 2.75) is 121 Å². The van der Waals surface area contributed by atoms with Crippen molar-refractivity contribution in [3.8, 4) is 0 Å². The fraction of sp³-hybridized carbons (Fsp3) is 0.545. The van der Waals surface area contributed by atoms with E-state index in [0.29, 0.717) is 23.5 Å². The minimum absolute atomic E-state index is 0.00968. The number of ether oxygens (including phenoxy) is 6. The molecular weight excluding hydrogens is 750 g/mol. The van der Waals surface area contributed by atoms with Crippen molar-refractivity contribution in [2.75, 3.05) is 6.61 Å². The second-order valence-corrected chi connectivity index (χ2v) is 17.6. The molecule has 4 aliphatic carbocycles. The summed E-state index contributed by atoms with van der Waals surface area (Å²) in [6.45, 7) is 10.4. The second kappa shape index (κ2) is 13.6. The van der Waals surface area contributed by atoms with Gasteiger partial charge in [-0.2, -0.15) is 0 Å². The van der Waals surface area contributed by atoms with E-state index in [2.05, 4.69) is 0 Å². The Morgan fingerprint density at radius 2 is 1.53 bits per heavy atom. The van der Waals surface area contributed by atoms with Gasteiger partial charge < -0.3 is 38.6 Å². The molecule has 0 amide bonds. The summed E-state index contributed by atoms with van der Waals surface area (Å²) < 4.78 is 36.9. The van der Waals surface area contributed by atoms with E-state index in [1.807, 2.05) is 37.3 Å². The quantitative estimate of drug-likeness (QED) is 0.234. The Morgan fingerprint density at radius 1 is 0.897 bits per heavy atom. The van der Waals surface area contributed by atoms with Crippen LogP contribution in [0.1, 0.15) is 83.7 Å². The van der Waals surface area contributed by atoms with Crippen molar-refractivity contribution in [3.05, 3.63) is 82.9 Å². The van der Waals surface area contributed by atoms with E-state index in [9.17, 15) is 29.4 Å². The van der Waals surface area contributed by atoms with Gasteiger partial charge in [-0.1, -0.05) is 57.2 Å². The predicted molar refractivity (Wildman–Crippen MR) is 203 cm³/mol. The highest BCUT2D eigenvalue weighted by molar-refractivity contribution is 5.99. The van der Waals surface area contributed by atoms with Crippen molar-refractivity contribution >= 4 is 35.6 Å². The first-order valence-electron chi connectivity index (χ1n) is 19.7. The molecule has 1 saturated heterocycles. The van der Waals surface area contributed by atoms with Crippen LogP contribution in [0.4, 0.5) is 0 Å². The lowest BCUT2D eigenvalue weighted by Crippen LogP contribution is -2.82. The first-order chi connectivity index (χ1) is 27.3. The largest absolute Gasteiger partial charge is 0.459 e. The Balaban J connectivity index is 1.29. The highest BCUT2D eigenvalue weighted by Crippen LogP contribution is 2.64. The van der Waals surface area contributed by atoms with Crippen LogP contribution in [0.3, 0.4) is 0 Å². The minimum atomic E-state index is -2.26. The summed E-state index contributed by atoms with van der Waals surface area (Å²) in [5, 5.41) is 25.7. The number of carbonyl (C=O) groups excluding carboxylic acids is 5. The molecule has 2 aromatic carbocycles. The molecule has 2 N–H and O–H groups in total. The number of Topliss-reactive ketones (excluding diaryl/α,β-unsaturated/α-hetero) is 1. The average Bonchev–Trinajstić information content (AvgIpc) is 3.65. The molecule has 14 nitrogen and oxygen atoms in total. The molecule has 2 heterocycles. The number of fused-ring (bicyclic) bond motifs is 5. The standard InChI is InChI=1S/C44H49NO13/c1-22-19-42(22)36(56-37(45-42)26-14-10-8-11-15-26)39(51)55-28-20-44(52)35(57-38(50)27-16-12-9-13-17-27)33-41(7,29(48)18-30-43(33,21-53-30)58-25(4)47)34(49)32(54-24(3)46)31(23(28)2)40(44,5)6/h8-17,22,28-30,32-33,35-36,48,52H,18-21H2,1-7H3/t22?,28-,29-,30+,32+,33-,35-,36-,41+,42-,43-,44+/m0/s1. The molecule has 2 bridgehead atoms. The fourth-order valence-corrected chi connectivity index (χ4v) is 10.6. The van der Waals surface area contributed by atoms with Crippen molar-refractivity contribution in [1.29, 1.82) is 0 Å². The maximum atomic E-state index is 15.5. The van der Waals surface area contributed by atoms with E-state index in [4.69, 9.17) is 33.4 Å². The smallest absolute Gasteiger partial charge is 0.350 e. The van der Waals surface area contributed by atoms with Crippen molar-refractivity contribution in [3.63, 3.8) is 0 Å². The van der Waals surface area contributed by atoms with Crippen LogP contribution in [0, 0.1) is 22.7 Å². The molecule has 2 aromatic rings. The van der Waals surface area contributed by atoms with Crippen LogP contribution in [0.5, 0.6) is 0 Å². The molecular formula is C44H49NO13. The summed E-state index contributed by atoms with van der Waals surface area (Å²) in [6.07, 6.45) is -8.31. The monoisotopic (exact) mass is 799 g/mol. The lowest BCUT2D eigenvalue weighted by atomic mass is 9.44. The van der Waals surface area contributed by atoms with Gasteiger partial charge in [0.25, 0.3) is 0 Å². The number of rotatable bonds is 7. The van der Waals surface area contributed by atoms with Gasteiger partial charge in [0.1, 0.15) is 29.5 Å². The van der Waals surface area contributed by atoms with Crippen molar-refractivity contribution < 1.29 is 62.6 Å². The molecule has 1 spiro atoms. The lowest BCUT2D eigenvalue weighted by molar-refractivity contribution is -0.346. The first-order valence-corrected chi connectivity index (χ1v) is 19.7. The van der Waals surface area contributed by atoms with Crippen LogP contribution in [-0.4, -0.2) is 106 Å². The molecule has 308 valence electrons. The number of hydrogen-bond donors (Lipinski definition) is 2. The molecule has 2 aliphatic heterocycles. The normalized spacial score (nSPS) is 39.3. The number of aliphatic hydroxyl groups is 2. The SMILES string of the molecule is CC(=O)O[C@H]1C(=O)[C@@]2(C)[C@H]([C@H](OC(=O)c3ccccc3)[C@]3(O)C[C@H](OC(=O)[C@@H]4OC(c5ccccc5)=N[C@]45CC5C)C(C)=C1C3(C)C)[C@]1(OC(C)=O)CO[C@@H]1C[C@@H]2O. The number of aliphatic hydroxyl groups excluding tert-OH is 1. The first kappa shape index (κ1) is 39.9. The maximum Gasteiger partial charge on any atom is 0.350 e. The van der Waals surface area contributed by atoms with Crippen LogP contribution in [0.25, 0.3) is 0 Å². The Bertz CT molecular complexity index is 2130. The Hall–Kier alpha value is -4.92. The third-order valence-electron chi connectivity index (χ3n) is 14.0.